The van der Waals surface area contributed by atoms with Gasteiger partial charge in [-0.05, 0) is 24.5 Å². The monoisotopic (exact) mass is 427 g/mol. The predicted molar refractivity (Wildman–Crippen MR) is 111 cm³/mol. The molecule has 9 heteroatoms. The third-order valence-electron chi connectivity index (χ3n) is 4.95. The maximum atomic E-state index is 13.1. The third-order valence-corrected chi connectivity index (χ3v) is 4.95. The average molecular weight is 427 g/mol. The van der Waals surface area contributed by atoms with Crippen molar-refractivity contribution in [2.24, 2.45) is 5.92 Å². The number of rotatable bonds is 8. The van der Waals surface area contributed by atoms with E-state index in [1.165, 1.54) is 4.90 Å². The number of carboxylic acid groups (broad SMARTS) is 1. The highest BCUT2D eigenvalue weighted by Crippen LogP contribution is 2.16. The molecule has 9 nitrogen and oxygen atoms in total. The van der Waals surface area contributed by atoms with Gasteiger partial charge in [0, 0.05) is 5.39 Å². The quantitative estimate of drug-likeness (QED) is 0.649. The summed E-state index contributed by atoms with van der Waals surface area (Å²) in [6.07, 6.45) is -0.596. The molecular weight excluding hydrogens is 402 g/mol. The van der Waals surface area contributed by atoms with Gasteiger partial charge in [0.25, 0.3) is 5.91 Å². The number of nitrogens with zero attached hydrogens (tertiary/aromatic N) is 2. The van der Waals surface area contributed by atoms with E-state index in [1.807, 2.05) is 32.0 Å². The van der Waals surface area contributed by atoms with Crippen molar-refractivity contribution >= 4 is 34.5 Å². The molecule has 2 N–H and O–H groups in total. The number of likely N-dealkylation sites (tertiary alicyclic amines) is 1. The summed E-state index contributed by atoms with van der Waals surface area (Å²) in [6, 6.07) is 9.95. The Hall–Kier alpha value is -3.33. The number of aliphatic carboxylic acids is 1. The van der Waals surface area contributed by atoms with E-state index in [0.29, 0.717) is 11.9 Å². The van der Waals surface area contributed by atoms with Crippen LogP contribution in [0.5, 0.6) is 0 Å². The van der Waals surface area contributed by atoms with E-state index < -0.39 is 36.5 Å². The van der Waals surface area contributed by atoms with Crippen molar-refractivity contribution in [3.8, 4) is 0 Å². The first-order valence-corrected chi connectivity index (χ1v) is 10.1. The molecular formula is C22H25N3O6. The van der Waals surface area contributed by atoms with E-state index in [1.54, 1.807) is 18.2 Å². The normalized spacial score (nSPS) is 17.2. The largest absolute Gasteiger partial charge is 0.480 e. The molecule has 1 aliphatic rings. The van der Waals surface area contributed by atoms with Gasteiger partial charge in [-0.3, -0.25) is 14.4 Å². The maximum Gasteiger partial charge on any atom is 0.329 e. The number of benzene rings is 1. The molecule has 0 radical (unpaired) electrons. The Labute approximate surface area is 179 Å². The minimum atomic E-state index is -1.19. The van der Waals surface area contributed by atoms with E-state index in [4.69, 9.17) is 9.84 Å². The molecule has 1 aromatic carbocycles. The Bertz CT molecular complexity index is 1010. The summed E-state index contributed by atoms with van der Waals surface area (Å²) in [6.45, 7) is 3.02. The standard InChI is InChI=1S/C22H25N3O6/c1-13(2)9-17(22(30)25-10-18(26)19(11-25)31-12-20(27)28)24-21(29)16-8-7-14-5-3-4-6-15(14)23-16/h3-8,13,17,19H,9-12H2,1-2H3,(H,24,29)(H,27,28)/t17-,19?/m0/s1. The second-order valence-corrected chi connectivity index (χ2v) is 7.92. The summed E-state index contributed by atoms with van der Waals surface area (Å²) in [5, 5.41) is 12.4. The van der Waals surface area contributed by atoms with Gasteiger partial charge < -0.3 is 20.1 Å². The van der Waals surface area contributed by atoms with E-state index >= 15 is 0 Å². The van der Waals surface area contributed by atoms with Crippen LogP contribution in [0.3, 0.4) is 0 Å². The first-order chi connectivity index (χ1) is 14.7. The summed E-state index contributed by atoms with van der Waals surface area (Å²) in [5.74, 6) is -2.33. The summed E-state index contributed by atoms with van der Waals surface area (Å²) >= 11 is 0. The summed E-state index contributed by atoms with van der Waals surface area (Å²) in [4.78, 5) is 54.3. The zero-order valence-corrected chi connectivity index (χ0v) is 17.4. The van der Waals surface area contributed by atoms with Crippen LogP contribution in [0.25, 0.3) is 10.9 Å². The molecule has 1 unspecified atom stereocenters. The molecule has 1 aromatic heterocycles. The van der Waals surface area contributed by atoms with Gasteiger partial charge in [-0.1, -0.05) is 38.1 Å². The number of hydrogen-bond donors (Lipinski definition) is 2. The van der Waals surface area contributed by atoms with Crippen LogP contribution >= 0.6 is 0 Å². The number of carbonyl (C=O) groups is 4. The lowest BCUT2D eigenvalue weighted by molar-refractivity contribution is -0.145. The predicted octanol–water partition coefficient (Wildman–Crippen LogP) is 1.26. The number of Topliss-reactive ketones (excluding diaryl/α,β-unsaturated/α-hetero) is 1. The van der Waals surface area contributed by atoms with Crippen LogP contribution in [0, 0.1) is 5.92 Å². The second-order valence-electron chi connectivity index (χ2n) is 7.92. The third kappa shape index (κ3) is 5.64. The number of hydrogen-bond acceptors (Lipinski definition) is 6. The Morgan fingerprint density at radius 3 is 2.68 bits per heavy atom. The van der Waals surface area contributed by atoms with Gasteiger partial charge in [0.15, 0.2) is 5.78 Å². The highest BCUT2D eigenvalue weighted by Gasteiger charge is 2.38. The molecule has 3 rings (SSSR count). The number of pyridine rings is 1. The van der Waals surface area contributed by atoms with Gasteiger partial charge in [-0.25, -0.2) is 9.78 Å². The van der Waals surface area contributed by atoms with Crippen molar-refractivity contribution in [2.45, 2.75) is 32.4 Å². The number of aromatic nitrogens is 1. The molecule has 2 atom stereocenters. The summed E-state index contributed by atoms with van der Waals surface area (Å²) < 4.78 is 5.07. The fourth-order valence-corrected chi connectivity index (χ4v) is 3.48. The van der Waals surface area contributed by atoms with Crippen molar-refractivity contribution in [3.63, 3.8) is 0 Å². The van der Waals surface area contributed by atoms with Crippen molar-refractivity contribution in [2.75, 3.05) is 19.7 Å². The maximum absolute atomic E-state index is 13.1. The zero-order valence-electron chi connectivity index (χ0n) is 17.4. The SMILES string of the molecule is CC(C)C[C@H](NC(=O)c1ccc2ccccc2n1)C(=O)N1CC(=O)C(OCC(=O)O)C1. The summed E-state index contributed by atoms with van der Waals surface area (Å²) in [5.41, 5.74) is 0.867. The van der Waals surface area contributed by atoms with E-state index in [-0.39, 0.29) is 30.5 Å². The summed E-state index contributed by atoms with van der Waals surface area (Å²) in [7, 11) is 0. The van der Waals surface area contributed by atoms with Crippen LogP contribution < -0.4 is 5.32 Å². The van der Waals surface area contributed by atoms with Crippen molar-refractivity contribution in [1.29, 1.82) is 0 Å². The minimum absolute atomic E-state index is 0.0381. The molecule has 2 aromatic rings. The molecule has 2 heterocycles. The average Bonchev–Trinajstić information content (AvgIpc) is 3.11. The lowest BCUT2D eigenvalue weighted by Gasteiger charge is -2.25. The Kier molecular flexibility index (Phi) is 6.96. The van der Waals surface area contributed by atoms with Gasteiger partial charge in [0.2, 0.25) is 5.91 Å². The van der Waals surface area contributed by atoms with Crippen LogP contribution in [0.15, 0.2) is 36.4 Å². The topological polar surface area (TPSA) is 126 Å². The number of para-hydroxylation sites is 1. The van der Waals surface area contributed by atoms with Crippen LogP contribution in [0.2, 0.25) is 0 Å². The number of carbonyl (C=O) groups excluding carboxylic acids is 3. The zero-order chi connectivity index (χ0) is 22.5. The number of nitrogens with one attached hydrogen (secondary N) is 1. The first-order valence-electron chi connectivity index (χ1n) is 10.1. The van der Waals surface area contributed by atoms with Gasteiger partial charge in [-0.2, -0.15) is 0 Å². The highest BCUT2D eigenvalue weighted by atomic mass is 16.5. The van der Waals surface area contributed by atoms with Crippen molar-refractivity contribution in [3.05, 3.63) is 42.1 Å². The minimum Gasteiger partial charge on any atom is -0.480 e. The fourth-order valence-electron chi connectivity index (χ4n) is 3.48. The molecule has 2 amide bonds. The molecule has 1 saturated heterocycles. The first kappa shape index (κ1) is 22.4. The van der Waals surface area contributed by atoms with E-state index in [0.717, 1.165) is 5.39 Å². The molecule has 31 heavy (non-hydrogen) atoms. The lowest BCUT2D eigenvalue weighted by Crippen LogP contribution is -2.49. The Balaban J connectivity index is 1.71. The van der Waals surface area contributed by atoms with Gasteiger partial charge in [0.1, 0.15) is 24.4 Å². The molecule has 164 valence electrons. The number of fused-ring (bicyclic) bond motifs is 1. The second kappa shape index (κ2) is 9.65. The van der Waals surface area contributed by atoms with Crippen LogP contribution in [-0.2, 0) is 19.1 Å². The number of amides is 2. The van der Waals surface area contributed by atoms with Crippen molar-refractivity contribution < 1.29 is 29.0 Å². The van der Waals surface area contributed by atoms with Crippen molar-refractivity contribution in [1.82, 2.24) is 15.2 Å². The molecule has 0 saturated carbocycles. The molecule has 0 aliphatic carbocycles. The van der Waals surface area contributed by atoms with E-state index in [9.17, 15) is 19.2 Å². The number of ketones is 1. The Morgan fingerprint density at radius 2 is 1.97 bits per heavy atom. The lowest BCUT2D eigenvalue weighted by atomic mass is 10.0. The van der Waals surface area contributed by atoms with Gasteiger partial charge in [0.05, 0.1) is 18.6 Å². The van der Waals surface area contributed by atoms with Crippen LogP contribution in [-0.4, -0.2) is 70.4 Å². The molecule has 0 spiro atoms. The van der Waals surface area contributed by atoms with Crippen LogP contribution in [0.1, 0.15) is 30.8 Å². The Morgan fingerprint density at radius 1 is 1.23 bits per heavy atom. The molecule has 0 bridgehead atoms. The fraction of sp³-hybridized carbons (Fsp3) is 0.409. The molecule has 1 fully saturated rings. The number of carboxylic acids is 1. The highest BCUT2D eigenvalue weighted by molar-refractivity contribution is 5.99. The van der Waals surface area contributed by atoms with Gasteiger partial charge >= 0.3 is 5.97 Å². The van der Waals surface area contributed by atoms with E-state index in [2.05, 4.69) is 10.3 Å². The number of ether oxygens (including phenoxy) is 1. The van der Waals surface area contributed by atoms with Crippen LogP contribution in [0.4, 0.5) is 0 Å². The smallest absolute Gasteiger partial charge is 0.329 e. The van der Waals surface area contributed by atoms with Gasteiger partial charge in [-0.15, -0.1) is 0 Å². The molecule has 1 aliphatic heterocycles.